The Balaban J connectivity index is 1.07. The van der Waals surface area contributed by atoms with Crippen LogP contribution in [0.25, 0.3) is 10.9 Å². The first-order valence-corrected chi connectivity index (χ1v) is 46.5. The lowest BCUT2D eigenvalue weighted by molar-refractivity contribution is -0.152. The van der Waals surface area contributed by atoms with Crippen LogP contribution >= 0.6 is 11.8 Å². The number of para-hydroxylation sites is 1. The Morgan fingerprint density at radius 2 is 0.971 bits per heavy atom. The summed E-state index contributed by atoms with van der Waals surface area (Å²) in [6.45, 7) is 5.24. The normalized spacial score (nSPS) is 23.2. The molecule has 0 bridgehead atoms. The van der Waals surface area contributed by atoms with Gasteiger partial charge in [0.25, 0.3) is 0 Å². The second-order valence-electron chi connectivity index (χ2n) is 35.4. The van der Waals surface area contributed by atoms with E-state index in [1.807, 2.05) is 0 Å². The van der Waals surface area contributed by atoms with Gasteiger partial charge in [0.05, 0.1) is 18.7 Å². The number of phenolic OH excluding ortho intramolecular Hbond substituents is 1. The average molecular weight is 1930 g/mol. The topological polar surface area (TPSA) is 517 Å². The number of carbonyl (C=O) groups is 17. The van der Waals surface area contributed by atoms with Crippen LogP contribution in [0.2, 0.25) is 0 Å². The number of aromatic hydroxyl groups is 1. The molecule has 0 unspecified atom stereocenters. The Hall–Kier alpha value is -14.3. The Labute approximate surface area is 797 Å². The number of nitrogens with zero attached hydrogens (tertiary/aromatic N) is 5. The van der Waals surface area contributed by atoms with Crippen LogP contribution in [0.15, 0.2) is 152 Å². The SMILES string of the molecule is CC(C)C[C@@H]1NC(=O)[C@H](Cc2ccc(O)cc2)NC(=O)[C@@H](Cc2c[nH]c3ccccc23)NC(=O)[C@H]2CCCCN2C(=O)[C@H](CCC(=O)O)NC(=O)[C@H](Cc2ccccc2)N(C)C(=O)[C@@H](C(C)C)NC(=O)[C@H](CC(=O)O)NC(=O)[C@H]2CCCN2C(=O)[C@H](Cc2ccccc2)N(C)C(=O)[C@H](Cc2ccc(F)cc2)N(C)C(=O)[C@H](Cc2cc(F)c(F)c(F)c2)NC(=O)CSC[C@@H](C(=O)NCC(N)=O)NC1=O. The first kappa shape index (κ1) is 106. The number of primary amides is 1. The van der Waals surface area contributed by atoms with Crippen LogP contribution in [0, 0.1) is 35.1 Å². The standard InChI is InChI=1S/C97H116F4N16O20S/c1-53(2)39-68-86(126)111-73(85(125)104-50-79(102)119)51-138-52-80(120)105-72(43-59-40-64(99)83(101)65(100)41-59)93(133)114(6)77(46-58-27-31-61(98)32-28-58)95(135)115(7)78(45-56-21-12-9-13-22-56)96(136)117-38-18-26-75(117)91(131)110-71(48-82(123)124)89(129)112-84(54(3)4)97(137)113(5)76(44-55-19-10-8-11-20-55)92(132)106-67(35-36-81(121)122)94(134)116-37-17-16-25-74(116)90(130)109-70(47-60-49-103-66-24-15-14-23-63(60)66)88(128)108-69(87(127)107-68)42-57-29-33-62(118)34-30-57/h8-15,19-24,27-34,40-41,49,53-54,67-78,84,103,118H,16-18,25-26,35-39,42-48,50-52H2,1-7H3,(H2,102,119)(H,104,125)(H,105,120)(H,106,132)(H,107,127)(H,108,128)(H,109,130)(H,110,131)(H,111,126)(H,112,129)(H,121,122)(H,123,124)/t67-,68-,69-,70+,71-,72-,73-,74+,75+,76-,77-,78-,84+/m0/s1. The van der Waals surface area contributed by atoms with Crippen LogP contribution in [0.4, 0.5) is 17.6 Å². The number of aromatic nitrogens is 1. The van der Waals surface area contributed by atoms with Crippen LogP contribution < -0.4 is 53.6 Å². The van der Waals surface area contributed by atoms with Crippen molar-refractivity contribution >= 4 is 123 Å². The van der Waals surface area contributed by atoms with Gasteiger partial charge in [0, 0.05) is 102 Å². The molecule has 36 nitrogen and oxygen atoms in total. The number of amides is 15. The molecule has 0 saturated carbocycles. The van der Waals surface area contributed by atoms with E-state index in [1.54, 1.807) is 105 Å². The van der Waals surface area contributed by atoms with Gasteiger partial charge in [-0.3, -0.25) is 81.5 Å². The lowest BCUT2D eigenvalue weighted by Crippen LogP contribution is -2.63. The number of fused-ring (bicyclic) bond motifs is 3. The lowest BCUT2D eigenvalue weighted by Gasteiger charge is -2.38. The Morgan fingerprint density at radius 1 is 0.478 bits per heavy atom. The number of piperidine rings is 1. The van der Waals surface area contributed by atoms with Gasteiger partial charge in [-0.15, -0.1) is 11.8 Å². The minimum atomic E-state index is -2.02. The van der Waals surface area contributed by atoms with Crippen molar-refractivity contribution in [3.63, 3.8) is 0 Å². The molecule has 6 aromatic carbocycles. The molecular formula is C97H116F4N16O20S. The molecule has 13 atom stereocenters. The average Bonchev–Trinajstić information content (AvgIpc) is 1.28. The molecule has 138 heavy (non-hydrogen) atoms. The number of hydrogen-bond donors (Lipinski definition) is 14. The maximum atomic E-state index is 15.9. The fourth-order valence-corrected chi connectivity index (χ4v) is 17.8. The minimum absolute atomic E-state index is 0.0635. The highest BCUT2D eigenvalue weighted by molar-refractivity contribution is 8.00. The quantitative estimate of drug-likeness (QED) is 0.0323. The minimum Gasteiger partial charge on any atom is -0.508 e. The Kier molecular flexibility index (Phi) is 37.9. The number of H-pyrrole nitrogens is 1. The largest absolute Gasteiger partial charge is 0.508 e. The number of hydrogen-bond acceptors (Lipinski definition) is 19. The Morgan fingerprint density at radius 3 is 1.57 bits per heavy atom. The molecule has 15 N–H and O–H groups in total. The summed E-state index contributed by atoms with van der Waals surface area (Å²) < 4.78 is 60.1. The van der Waals surface area contributed by atoms with Crippen molar-refractivity contribution in [2.75, 3.05) is 52.3 Å². The van der Waals surface area contributed by atoms with Crippen molar-refractivity contribution in [3.8, 4) is 5.75 Å². The summed E-state index contributed by atoms with van der Waals surface area (Å²) in [5.74, 6) is -27.5. The van der Waals surface area contributed by atoms with Gasteiger partial charge in [0.15, 0.2) is 17.5 Å². The van der Waals surface area contributed by atoms with Gasteiger partial charge in [-0.1, -0.05) is 131 Å². The second-order valence-corrected chi connectivity index (χ2v) is 36.5. The number of thioether (sulfide) groups is 1. The van der Waals surface area contributed by atoms with Crippen LogP contribution in [-0.2, 0) is 120 Å². The third kappa shape index (κ3) is 29.1. The number of carboxylic acids is 2. The summed E-state index contributed by atoms with van der Waals surface area (Å²) in [6.07, 6.45) is -3.18. The molecule has 3 saturated heterocycles. The van der Waals surface area contributed by atoms with Gasteiger partial charge in [0.2, 0.25) is 88.6 Å². The molecule has 3 aliphatic heterocycles. The summed E-state index contributed by atoms with van der Waals surface area (Å²) in [5.41, 5.74) is 7.53. The monoisotopic (exact) mass is 1930 g/mol. The number of nitrogens with one attached hydrogen (secondary N) is 10. The van der Waals surface area contributed by atoms with E-state index in [-0.39, 0.29) is 82.2 Å². The van der Waals surface area contributed by atoms with E-state index >= 15 is 61.5 Å². The fraction of sp³-hybridized carbons (Fsp3) is 0.433. The van der Waals surface area contributed by atoms with Crippen molar-refractivity contribution in [2.24, 2.45) is 17.6 Å². The molecule has 41 heteroatoms. The predicted octanol–water partition coefficient (Wildman–Crippen LogP) is 3.31. The number of carboxylic acid groups (broad SMARTS) is 2. The summed E-state index contributed by atoms with van der Waals surface area (Å²) in [5, 5.41) is 55.0. The molecule has 3 aliphatic rings. The van der Waals surface area contributed by atoms with E-state index in [4.69, 9.17) is 5.73 Å². The van der Waals surface area contributed by atoms with Gasteiger partial charge in [-0.05, 0) is 133 Å². The van der Waals surface area contributed by atoms with Gasteiger partial charge in [-0.25, -0.2) is 17.6 Å². The zero-order chi connectivity index (χ0) is 100. The van der Waals surface area contributed by atoms with E-state index in [0.717, 1.165) is 43.7 Å². The smallest absolute Gasteiger partial charge is 0.305 e. The molecule has 738 valence electrons. The molecule has 0 aliphatic carbocycles. The van der Waals surface area contributed by atoms with Crippen molar-refractivity contribution in [3.05, 3.63) is 208 Å². The molecule has 1 aromatic heterocycles. The number of carbonyl (C=O) groups excluding carboxylic acids is 15. The lowest BCUT2D eigenvalue weighted by atomic mass is 9.97. The van der Waals surface area contributed by atoms with Crippen LogP contribution in [0.3, 0.4) is 0 Å². The van der Waals surface area contributed by atoms with Crippen LogP contribution in [-0.4, -0.2) is 276 Å². The van der Waals surface area contributed by atoms with E-state index in [0.29, 0.717) is 63.5 Å². The summed E-state index contributed by atoms with van der Waals surface area (Å²) in [7, 11) is 3.54. The fourth-order valence-electron chi connectivity index (χ4n) is 17.0. The zero-order valence-corrected chi connectivity index (χ0v) is 78.1. The first-order valence-electron chi connectivity index (χ1n) is 45.3. The van der Waals surface area contributed by atoms with E-state index in [1.165, 1.54) is 64.3 Å². The number of benzene rings is 6. The van der Waals surface area contributed by atoms with Crippen molar-refractivity contribution in [1.29, 1.82) is 0 Å². The molecule has 7 aromatic rings. The highest BCUT2D eigenvalue weighted by Crippen LogP contribution is 2.29. The summed E-state index contributed by atoms with van der Waals surface area (Å²) in [4.78, 5) is 260. The molecule has 10 rings (SSSR count). The third-order valence-electron chi connectivity index (χ3n) is 24.4. The second kappa shape index (κ2) is 49.5. The maximum Gasteiger partial charge on any atom is 0.305 e. The first-order chi connectivity index (χ1) is 65.6. The number of halogens is 4. The van der Waals surface area contributed by atoms with Crippen LogP contribution in [0.1, 0.15) is 119 Å². The van der Waals surface area contributed by atoms with Crippen molar-refractivity contribution in [2.45, 2.75) is 203 Å². The Bertz CT molecular complexity index is 5570. The highest BCUT2D eigenvalue weighted by atomic mass is 32.2. The number of nitrogens with two attached hydrogens (primary N) is 1. The van der Waals surface area contributed by atoms with E-state index < -0.39 is 270 Å². The molecule has 4 heterocycles. The number of phenols is 1. The molecule has 15 amide bonds. The molecular weight excluding hydrogens is 1820 g/mol. The number of likely N-dealkylation sites (N-methyl/N-ethyl adjacent to an activating group) is 3. The predicted molar refractivity (Wildman–Crippen MR) is 496 cm³/mol. The molecule has 0 radical (unpaired) electrons. The van der Waals surface area contributed by atoms with Crippen LogP contribution in [0.5, 0.6) is 5.75 Å². The summed E-state index contributed by atoms with van der Waals surface area (Å²) >= 11 is 0.633. The molecule has 0 spiro atoms. The van der Waals surface area contributed by atoms with E-state index in [9.17, 15) is 52.9 Å². The van der Waals surface area contributed by atoms with Crippen molar-refractivity contribution < 1.29 is 114 Å². The number of aliphatic carboxylic acids is 2. The van der Waals surface area contributed by atoms with Crippen molar-refractivity contribution in [1.82, 2.24) is 77.3 Å². The van der Waals surface area contributed by atoms with Gasteiger partial charge in [0.1, 0.15) is 90.1 Å². The van der Waals surface area contributed by atoms with Gasteiger partial charge >= 0.3 is 11.9 Å². The van der Waals surface area contributed by atoms with E-state index in [2.05, 4.69) is 52.8 Å². The third-order valence-corrected chi connectivity index (χ3v) is 25.5. The zero-order valence-electron chi connectivity index (χ0n) is 77.3. The van der Waals surface area contributed by atoms with Gasteiger partial charge in [-0.2, -0.15) is 0 Å². The highest BCUT2D eigenvalue weighted by Gasteiger charge is 2.47. The number of rotatable bonds is 23. The summed E-state index contributed by atoms with van der Waals surface area (Å²) in [6, 6.07) is 12.5. The number of aromatic amines is 1. The van der Waals surface area contributed by atoms with Gasteiger partial charge < -0.3 is 98.4 Å². The molecule has 3 fully saturated rings. The maximum absolute atomic E-state index is 15.9.